The van der Waals surface area contributed by atoms with Crippen LogP contribution in [0.15, 0.2) is 54.6 Å². The second-order valence-corrected chi connectivity index (χ2v) is 9.33. The maximum atomic E-state index is 13.1. The van der Waals surface area contributed by atoms with Crippen molar-refractivity contribution in [1.29, 1.82) is 0 Å². The average molecular weight is 477 g/mol. The van der Waals surface area contributed by atoms with Crippen LogP contribution in [0.3, 0.4) is 0 Å². The molecule has 8 heteroatoms. The Morgan fingerprint density at radius 2 is 1.97 bits per heavy atom. The van der Waals surface area contributed by atoms with Gasteiger partial charge in [0.1, 0.15) is 11.9 Å². The highest BCUT2D eigenvalue weighted by molar-refractivity contribution is 5.95. The molecule has 0 aliphatic carbocycles. The molecule has 4 rings (SSSR count). The van der Waals surface area contributed by atoms with Gasteiger partial charge in [0.15, 0.2) is 0 Å². The van der Waals surface area contributed by atoms with Crippen LogP contribution < -0.4 is 20.9 Å². The van der Waals surface area contributed by atoms with Crippen molar-refractivity contribution < 1.29 is 19.5 Å². The summed E-state index contributed by atoms with van der Waals surface area (Å²) in [6.45, 7) is 7.30. The fraction of sp³-hybridized carbons (Fsp3) is 0.370. The topological polar surface area (TPSA) is 113 Å². The lowest BCUT2D eigenvalue weighted by Crippen LogP contribution is -2.61. The number of rotatable bonds is 7. The molecule has 8 nitrogen and oxygen atoms in total. The van der Waals surface area contributed by atoms with Crippen molar-refractivity contribution in [2.24, 2.45) is 5.92 Å². The molecule has 2 amide bonds. The molecular formula is C27H32N4O4. The first kappa shape index (κ1) is 24.6. The van der Waals surface area contributed by atoms with E-state index in [1.807, 2.05) is 51.1 Å². The summed E-state index contributed by atoms with van der Waals surface area (Å²) in [5, 5.41) is 16.4. The Kier molecular flexibility index (Phi) is 7.33. The quantitative estimate of drug-likeness (QED) is 0.306. The second-order valence-electron chi connectivity index (χ2n) is 9.33. The molecule has 35 heavy (non-hydrogen) atoms. The lowest BCUT2D eigenvalue weighted by atomic mass is 9.76. The zero-order valence-electron chi connectivity index (χ0n) is 20.3. The molecule has 4 N–H and O–H groups in total. The summed E-state index contributed by atoms with van der Waals surface area (Å²) < 4.78 is 6.20. The van der Waals surface area contributed by atoms with Crippen molar-refractivity contribution in [3.63, 3.8) is 0 Å². The number of piperidine rings is 1. The molecule has 3 aromatic rings. The maximum absolute atomic E-state index is 13.1. The molecular weight excluding hydrogens is 444 g/mol. The van der Waals surface area contributed by atoms with E-state index in [0.717, 1.165) is 22.2 Å². The highest BCUT2D eigenvalue weighted by Crippen LogP contribution is 2.30. The first-order valence-electron chi connectivity index (χ1n) is 11.9. The normalized spacial score (nSPS) is 20.7. The monoisotopic (exact) mass is 476 g/mol. The van der Waals surface area contributed by atoms with Gasteiger partial charge in [-0.25, -0.2) is 5.48 Å². The van der Waals surface area contributed by atoms with Crippen molar-refractivity contribution in [2.45, 2.75) is 45.3 Å². The number of nitrogens with zero attached hydrogens (tertiary/aromatic N) is 1. The van der Waals surface area contributed by atoms with Gasteiger partial charge in [-0.2, -0.15) is 0 Å². The Balaban J connectivity index is 1.49. The van der Waals surface area contributed by atoms with Crippen LogP contribution in [0, 0.1) is 12.8 Å². The van der Waals surface area contributed by atoms with Gasteiger partial charge >= 0.3 is 0 Å². The van der Waals surface area contributed by atoms with Crippen molar-refractivity contribution in [3.05, 3.63) is 71.4 Å². The van der Waals surface area contributed by atoms with E-state index in [-0.39, 0.29) is 24.3 Å². The van der Waals surface area contributed by atoms with E-state index in [4.69, 9.17) is 9.94 Å². The molecule has 3 unspecified atom stereocenters. The van der Waals surface area contributed by atoms with E-state index >= 15 is 0 Å². The smallest absolute Gasteiger partial charge is 0.251 e. The van der Waals surface area contributed by atoms with Crippen LogP contribution in [0.25, 0.3) is 10.9 Å². The summed E-state index contributed by atoms with van der Waals surface area (Å²) in [6, 6.07) is 17.0. The number of carbonyl (C=O) groups excluding carboxylic acids is 2. The minimum Gasteiger partial charge on any atom is -0.486 e. The van der Waals surface area contributed by atoms with Crippen LogP contribution in [0.1, 0.15) is 54.4 Å². The minimum atomic E-state index is -0.737. The van der Waals surface area contributed by atoms with Crippen molar-refractivity contribution in [3.8, 4) is 5.75 Å². The molecule has 3 atom stereocenters. The number of benzene rings is 2. The Hall–Kier alpha value is -3.49. The third kappa shape index (κ3) is 5.44. The van der Waals surface area contributed by atoms with Crippen LogP contribution in [-0.4, -0.2) is 40.6 Å². The largest absolute Gasteiger partial charge is 0.486 e. The van der Waals surface area contributed by atoms with Gasteiger partial charge in [0.25, 0.3) is 5.91 Å². The number of fused-ring (bicyclic) bond motifs is 1. The predicted octanol–water partition coefficient (Wildman–Crippen LogP) is 3.68. The molecule has 0 radical (unpaired) electrons. The number of hydrogen-bond acceptors (Lipinski definition) is 6. The van der Waals surface area contributed by atoms with Crippen molar-refractivity contribution >= 4 is 22.7 Å². The van der Waals surface area contributed by atoms with Crippen LogP contribution in [0.5, 0.6) is 5.75 Å². The first-order valence-corrected chi connectivity index (χ1v) is 11.9. The molecule has 1 aliphatic heterocycles. The first-order chi connectivity index (χ1) is 16.8. The summed E-state index contributed by atoms with van der Waals surface area (Å²) in [4.78, 5) is 29.7. The molecule has 1 aliphatic rings. The van der Waals surface area contributed by atoms with Crippen molar-refractivity contribution in [2.75, 3.05) is 13.1 Å². The summed E-state index contributed by atoms with van der Waals surface area (Å²) in [5.41, 5.74) is 4.35. The standard InChI is InChI=1S/C27H32N4O4/c1-17-16-28-13-12-27(17,15-25(32)31-34)30-26(33)20-8-10-21(11-9-20)35-19(3)23-14-18(2)29-24-7-5-4-6-22(23)24/h4-11,14,17,19,28,34H,12-13,15-16H2,1-3H3,(H,30,33)(H,31,32). The van der Waals surface area contributed by atoms with Crippen LogP contribution in [0.2, 0.25) is 0 Å². The molecule has 0 bridgehead atoms. The number of carbonyl (C=O) groups is 2. The number of hydrogen-bond donors (Lipinski definition) is 4. The van der Waals surface area contributed by atoms with E-state index in [1.165, 1.54) is 0 Å². The summed E-state index contributed by atoms with van der Waals surface area (Å²) >= 11 is 0. The van der Waals surface area contributed by atoms with Gasteiger partial charge < -0.3 is 15.4 Å². The minimum absolute atomic E-state index is 0.0100. The Morgan fingerprint density at radius 3 is 2.69 bits per heavy atom. The molecule has 2 heterocycles. The zero-order valence-corrected chi connectivity index (χ0v) is 20.3. The average Bonchev–Trinajstić information content (AvgIpc) is 2.85. The lowest BCUT2D eigenvalue weighted by Gasteiger charge is -2.43. The molecule has 0 saturated carbocycles. The molecule has 1 fully saturated rings. The van der Waals surface area contributed by atoms with E-state index in [9.17, 15) is 9.59 Å². The van der Waals surface area contributed by atoms with Crippen LogP contribution >= 0.6 is 0 Å². The van der Waals surface area contributed by atoms with Gasteiger partial charge in [0.05, 0.1) is 17.5 Å². The molecule has 1 aromatic heterocycles. The number of aryl methyl sites for hydroxylation is 1. The third-order valence-electron chi connectivity index (χ3n) is 6.85. The Labute approximate surface area is 205 Å². The molecule has 1 saturated heterocycles. The van der Waals surface area contributed by atoms with Gasteiger partial charge in [-0.05, 0) is 75.7 Å². The lowest BCUT2D eigenvalue weighted by molar-refractivity contribution is -0.131. The van der Waals surface area contributed by atoms with Gasteiger partial charge in [0.2, 0.25) is 5.91 Å². The maximum Gasteiger partial charge on any atom is 0.251 e. The van der Waals surface area contributed by atoms with Crippen molar-refractivity contribution in [1.82, 2.24) is 21.1 Å². The third-order valence-corrected chi connectivity index (χ3v) is 6.85. The Bertz CT molecular complexity index is 1210. The number of para-hydroxylation sites is 1. The number of amides is 2. The van der Waals surface area contributed by atoms with Crippen LogP contribution in [-0.2, 0) is 4.79 Å². The SMILES string of the molecule is Cc1cc(C(C)Oc2ccc(C(=O)NC3(CC(=O)NO)CCNCC3C)cc2)c2ccccc2n1. The van der Waals surface area contributed by atoms with Gasteiger partial charge in [-0.15, -0.1) is 0 Å². The Morgan fingerprint density at radius 1 is 1.23 bits per heavy atom. The highest BCUT2D eigenvalue weighted by atomic mass is 16.5. The predicted molar refractivity (Wildman–Crippen MR) is 133 cm³/mol. The van der Waals surface area contributed by atoms with Gasteiger partial charge in [-0.3, -0.25) is 19.8 Å². The molecule has 0 spiro atoms. The van der Waals surface area contributed by atoms with E-state index < -0.39 is 11.4 Å². The summed E-state index contributed by atoms with van der Waals surface area (Å²) in [7, 11) is 0. The number of ether oxygens (including phenoxy) is 1. The fourth-order valence-electron chi connectivity index (χ4n) is 4.82. The summed E-state index contributed by atoms with van der Waals surface area (Å²) in [5.74, 6) is -0.118. The number of nitrogens with one attached hydrogen (secondary N) is 3. The fourth-order valence-corrected chi connectivity index (χ4v) is 4.82. The second kappa shape index (κ2) is 10.4. The highest BCUT2D eigenvalue weighted by Gasteiger charge is 2.41. The number of pyridine rings is 1. The number of aromatic nitrogens is 1. The van der Waals surface area contributed by atoms with E-state index in [1.54, 1.807) is 29.7 Å². The van der Waals surface area contributed by atoms with Gasteiger partial charge in [0, 0.05) is 22.2 Å². The van der Waals surface area contributed by atoms with Gasteiger partial charge in [-0.1, -0.05) is 25.1 Å². The van der Waals surface area contributed by atoms with Crippen LogP contribution in [0.4, 0.5) is 0 Å². The van der Waals surface area contributed by atoms with E-state index in [0.29, 0.717) is 30.8 Å². The molecule has 184 valence electrons. The molecule has 2 aromatic carbocycles. The number of hydroxylamine groups is 1. The zero-order chi connectivity index (χ0) is 25.0. The summed E-state index contributed by atoms with van der Waals surface area (Å²) in [6.07, 6.45) is 0.388. The van der Waals surface area contributed by atoms with E-state index in [2.05, 4.69) is 15.6 Å².